The number of nitrogens with zero attached hydrogens (tertiary/aromatic N) is 2. The Labute approximate surface area is 59.8 Å². The minimum Gasteiger partial charge on any atom is -0.389 e. The van der Waals surface area contributed by atoms with Crippen LogP contribution in [0.3, 0.4) is 0 Å². The first kappa shape index (κ1) is 8.68. The minimum absolute atomic E-state index is 0.00463. The molecule has 10 heavy (non-hydrogen) atoms. The van der Waals surface area contributed by atoms with Gasteiger partial charge in [0.05, 0.1) is 6.10 Å². The van der Waals surface area contributed by atoms with Gasteiger partial charge in [0.15, 0.2) is 0 Å². The molecule has 0 rings (SSSR count). The largest absolute Gasteiger partial charge is 0.389 e. The summed E-state index contributed by atoms with van der Waals surface area (Å²) in [5, 5.41) is 25.5. The van der Waals surface area contributed by atoms with E-state index < -0.39 is 6.10 Å². The number of allylic oxidation sites excluding steroid dienone is 1. The molecule has 0 aromatic rings. The van der Waals surface area contributed by atoms with Crippen molar-refractivity contribution in [2.75, 3.05) is 0 Å². The van der Waals surface area contributed by atoms with Gasteiger partial charge in [-0.1, -0.05) is 0 Å². The smallest absolute Gasteiger partial charge is 0.131 e. The van der Waals surface area contributed by atoms with Crippen molar-refractivity contribution < 1.29 is 5.11 Å². The van der Waals surface area contributed by atoms with E-state index in [0.29, 0.717) is 5.57 Å². The van der Waals surface area contributed by atoms with Crippen molar-refractivity contribution in [3.05, 3.63) is 11.1 Å². The van der Waals surface area contributed by atoms with E-state index in [1.807, 2.05) is 0 Å². The fraction of sp³-hybridized carbons (Fsp3) is 0.429. The molecule has 0 aliphatic rings. The zero-order valence-corrected chi connectivity index (χ0v) is 5.92. The molecule has 0 heterocycles. The lowest BCUT2D eigenvalue weighted by atomic mass is 10.1. The molecule has 0 saturated carbocycles. The van der Waals surface area contributed by atoms with Gasteiger partial charge in [-0.3, -0.25) is 0 Å². The molecular weight excluding hydrogens is 128 g/mol. The van der Waals surface area contributed by atoms with Gasteiger partial charge in [-0.25, -0.2) is 0 Å². The number of hydrogen-bond acceptors (Lipinski definition) is 3. The van der Waals surface area contributed by atoms with E-state index in [9.17, 15) is 0 Å². The summed E-state index contributed by atoms with van der Waals surface area (Å²) in [6.07, 6.45) is -0.714. The highest BCUT2D eigenvalue weighted by atomic mass is 16.3. The summed E-state index contributed by atoms with van der Waals surface area (Å²) < 4.78 is 0. The molecule has 0 amide bonds. The molecular formula is C7H8N2O. The van der Waals surface area contributed by atoms with Crippen molar-refractivity contribution in [2.45, 2.75) is 20.0 Å². The number of hydrogen-bond donors (Lipinski definition) is 1. The minimum atomic E-state index is -0.714. The van der Waals surface area contributed by atoms with Crippen LogP contribution in [0.5, 0.6) is 0 Å². The molecule has 0 aromatic heterocycles. The van der Waals surface area contributed by atoms with Crippen molar-refractivity contribution >= 4 is 0 Å². The summed E-state index contributed by atoms with van der Waals surface area (Å²) >= 11 is 0. The Kier molecular flexibility index (Phi) is 3.17. The zero-order valence-electron chi connectivity index (χ0n) is 5.92. The molecule has 3 heteroatoms. The molecule has 0 aliphatic carbocycles. The Morgan fingerprint density at radius 1 is 1.40 bits per heavy atom. The summed E-state index contributed by atoms with van der Waals surface area (Å²) in [4.78, 5) is 0. The quantitative estimate of drug-likeness (QED) is 0.540. The number of aliphatic hydroxyl groups is 1. The molecule has 0 saturated heterocycles. The molecule has 0 bridgehead atoms. The normalized spacial score (nSPS) is 10.9. The van der Waals surface area contributed by atoms with E-state index in [0.717, 1.165) is 0 Å². The topological polar surface area (TPSA) is 67.8 Å². The van der Waals surface area contributed by atoms with Gasteiger partial charge in [-0.2, -0.15) is 10.5 Å². The number of nitriles is 2. The van der Waals surface area contributed by atoms with Crippen molar-refractivity contribution in [3.8, 4) is 12.1 Å². The molecule has 0 fully saturated rings. The maximum Gasteiger partial charge on any atom is 0.131 e. The molecule has 3 nitrogen and oxygen atoms in total. The Balaban J connectivity index is 4.70. The van der Waals surface area contributed by atoms with E-state index in [1.54, 1.807) is 19.1 Å². The highest BCUT2D eigenvalue weighted by Gasteiger charge is 2.04. The first-order valence-electron chi connectivity index (χ1n) is 2.82. The van der Waals surface area contributed by atoms with Gasteiger partial charge in [0.1, 0.15) is 17.7 Å². The van der Waals surface area contributed by atoms with Crippen molar-refractivity contribution in [1.82, 2.24) is 0 Å². The molecule has 0 spiro atoms. The van der Waals surface area contributed by atoms with Crippen LogP contribution in [0.2, 0.25) is 0 Å². The van der Waals surface area contributed by atoms with Crippen LogP contribution in [0.25, 0.3) is 0 Å². The molecule has 0 aromatic carbocycles. The molecule has 1 atom stereocenters. The van der Waals surface area contributed by atoms with Gasteiger partial charge in [-0.05, 0) is 19.4 Å². The summed E-state index contributed by atoms with van der Waals surface area (Å²) in [5.74, 6) is 0. The monoisotopic (exact) mass is 136 g/mol. The van der Waals surface area contributed by atoms with Gasteiger partial charge >= 0.3 is 0 Å². The van der Waals surface area contributed by atoms with Gasteiger partial charge in [0.25, 0.3) is 0 Å². The van der Waals surface area contributed by atoms with Crippen LogP contribution in [-0.4, -0.2) is 11.2 Å². The summed E-state index contributed by atoms with van der Waals surface area (Å²) in [7, 11) is 0. The number of rotatable bonds is 1. The molecule has 52 valence electrons. The van der Waals surface area contributed by atoms with Crippen LogP contribution in [0.1, 0.15) is 13.8 Å². The van der Waals surface area contributed by atoms with Crippen LogP contribution in [-0.2, 0) is 0 Å². The first-order chi connectivity index (χ1) is 4.63. The average Bonchev–Trinajstić information content (AvgIpc) is 1.90. The summed E-state index contributed by atoms with van der Waals surface area (Å²) in [6.45, 7) is 3.08. The number of aliphatic hydroxyl groups excluding tert-OH is 1. The van der Waals surface area contributed by atoms with Crippen molar-refractivity contribution in [3.63, 3.8) is 0 Å². The van der Waals surface area contributed by atoms with Crippen LogP contribution < -0.4 is 0 Å². The molecule has 1 N–H and O–H groups in total. The first-order valence-corrected chi connectivity index (χ1v) is 2.82. The summed E-state index contributed by atoms with van der Waals surface area (Å²) in [5.41, 5.74) is 0.417. The summed E-state index contributed by atoms with van der Waals surface area (Å²) in [6, 6.07) is 3.38. The average molecular weight is 136 g/mol. The standard InChI is InChI=1S/C7H8N2O/c1-5(6(2)10)7(3-8)4-9/h6,10H,1-2H3/t6-/m1/s1. The third-order valence-corrected chi connectivity index (χ3v) is 1.24. The van der Waals surface area contributed by atoms with E-state index >= 15 is 0 Å². The maximum absolute atomic E-state index is 8.89. The van der Waals surface area contributed by atoms with Crippen LogP contribution >= 0.6 is 0 Å². The lowest BCUT2D eigenvalue weighted by Crippen LogP contribution is -2.03. The lowest BCUT2D eigenvalue weighted by Gasteiger charge is -2.01. The highest BCUT2D eigenvalue weighted by molar-refractivity contribution is 5.40. The van der Waals surface area contributed by atoms with Crippen molar-refractivity contribution in [1.29, 1.82) is 10.5 Å². The predicted octanol–water partition coefficient (Wildman–Crippen LogP) is 0.731. The van der Waals surface area contributed by atoms with Crippen LogP contribution in [0.15, 0.2) is 11.1 Å². The zero-order chi connectivity index (χ0) is 8.15. The van der Waals surface area contributed by atoms with Gasteiger partial charge in [-0.15, -0.1) is 0 Å². The second kappa shape index (κ2) is 3.66. The third kappa shape index (κ3) is 1.89. The van der Waals surface area contributed by atoms with Gasteiger partial charge in [0, 0.05) is 0 Å². The van der Waals surface area contributed by atoms with Gasteiger partial charge in [0.2, 0.25) is 0 Å². The fourth-order valence-corrected chi connectivity index (χ4v) is 0.410. The van der Waals surface area contributed by atoms with Crippen LogP contribution in [0.4, 0.5) is 0 Å². The Morgan fingerprint density at radius 3 is 1.90 bits per heavy atom. The van der Waals surface area contributed by atoms with Gasteiger partial charge < -0.3 is 5.11 Å². The predicted molar refractivity (Wildman–Crippen MR) is 35.6 cm³/mol. The van der Waals surface area contributed by atoms with E-state index in [2.05, 4.69) is 0 Å². The Hall–Kier alpha value is -1.32. The maximum atomic E-state index is 8.89. The van der Waals surface area contributed by atoms with E-state index in [1.165, 1.54) is 6.92 Å². The Bertz CT molecular complexity index is 211. The van der Waals surface area contributed by atoms with Crippen LogP contribution in [0, 0.1) is 22.7 Å². The highest BCUT2D eigenvalue weighted by Crippen LogP contribution is 2.05. The third-order valence-electron chi connectivity index (χ3n) is 1.24. The molecule has 0 unspecified atom stereocenters. The fourth-order valence-electron chi connectivity index (χ4n) is 0.410. The van der Waals surface area contributed by atoms with E-state index in [-0.39, 0.29) is 5.57 Å². The van der Waals surface area contributed by atoms with Crippen molar-refractivity contribution in [2.24, 2.45) is 0 Å². The molecule has 0 aliphatic heterocycles. The van der Waals surface area contributed by atoms with E-state index in [4.69, 9.17) is 15.6 Å². The lowest BCUT2D eigenvalue weighted by molar-refractivity contribution is 0.231. The Morgan fingerprint density at radius 2 is 1.80 bits per heavy atom. The second-order valence-corrected chi connectivity index (χ2v) is 1.96. The SMILES string of the molecule is CC(=C(C#N)C#N)[C@@H](C)O. The molecule has 0 radical (unpaired) electrons. The second-order valence-electron chi connectivity index (χ2n) is 1.96.